The molecule has 1 aromatic heterocycles. The Hall–Kier alpha value is -1.19. The van der Waals surface area contributed by atoms with Crippen LogP contribution in [0.25, 0.3) is 22.2 Å². The normalized spacial score (nSPS) is 16.4. The van der Waals surface area contributed by atoms with Crippen LogP contribution in [0.15, 0.2) is 36.4 Å². The van der Waals surface area contributed by atoms with E-state index in [1.165, 1.54) is 22.2 Å². The van der Waals surface area contributed by atoms with E-state index in [1.807, 2.05) is 18.2 Å². The lowest BCUT2D eigenvalue weighted by Crippen LogP contribution is -2.15. The Bertz CT molecular complexity index is 882. The van der Waals surface area contributed by atoms with Crippen LogP contribution in [0, 0.1) is 0 Å². The van der Waals surface area contributed by atoms with Crippen LogP contribution in [0.2, 0.25) is 10.0 Å². The van der Waals surface area contributed by atoms with E-state index in [0.717, 1.165) is 34.0 Å². The van der Waals surface area contributed by atoms with Crippen molar-refractivity contribution in [1.29, 1.82) is 0 Å². The maximum atomic E-state index is 6.48. The summed E-state index contributed by atoms with van der Waals surface area (Å²) in [6.45, 7) is 0. The first kappa shape index (κ1) is 16.7. The van der Waals surface area contributed by atoms with Crippen molar-refractivity contribution in [2.75, 3.05) is 0 Å². The van der Waals surface area contributed by atoms with Crippen LogP contribution in [-0.2, 0) is 13.5 Å². The Morgan fingerprint density at radius 2 is 1.78 bits per heavy atom. The van der Waals surface area contributed by atoms with Crippen LogP contribution in [-0.4, -0.2) is 4.57 Å². The van der Waals surface area contributed by atoms with E-state index in [4.69, 9.17) is 28.9 Å². The molecule has 1 aliphatic carbocycles. The Morgan fingerprint density at radius 3 is 2.48 bits per heavy atom. The van der Waals surface area contributed by atoms with Gasteiger partial charge in [0.2, 0.25) is 0 Å². The molecule has 2 aromatic carbocycles. The highest BCUT2D eigenvalue weighted by Crippen LogP contribution is 2.43. The van der Waals surface area contributed by atoms with Crippen molar-refractivity contribution in [3.63, 3.8) is 0 Å². The maximum Gasteiger partial charge on any atom is 0.0678 e. The van der Waals surface area contributed by atoms with E-state index in [-0.39, 0.29) is 18.4 Å². The van der Waals surface area contributed by atoms with Gasteiger partial charge in [-0.2, -0.15) is 0 Å². The molecule has 1 atom stereocenters. The van der Waals surface area contributed by atoms with Crippen molar-refractivity contribution >= 4 is 46.5 Å². The maximum absolute atomic E-state index is 6.48. The van der Waals surface area contributed by atoms with Crippen LogP contribution >= 0.6 is 35.6 Å². The summed E-state index contributed by atoms with van der Waals surface area (Å²) in [6.07, 6.45) is 1.94. The van der Waals surface area contributed by atoms with Gasteiger partial charge in [-0.25, -0.2) is 0 Å². The number of hydrogen-bond donors (Lipinski definition) is 1. The summed E-state index contributed by atoms with van der Waals surface area (Å²) < 4.78 is 2.19. The van der Waals surface area contributed by atoms with Gasteiger partial charge in [0.05, 0.1) is 16.2 Å². The topological polar surface area (TPSA) is 30.9 Å². The minimum absolute atomic E-state index is 0. The van der Waals surface area contributed by atoms with Crippen LogP contribution < -0.4 is 5.73 Å². The van der Waals surface area contributed by atoms with E-state index in [0.29, 0.717) is 0 Å². The smallest absolute Gasteiger partial charge is 0.0678 e. The lowest BCUT2D eigenvalue weighted by atomic mass is 9.87. The summed E-state index contributed by atoms with van der Waals surface area (Å²) >= 11 is 12.5. The number of nitrogens with zero attached hydrogens (tertiary/aromatic N) is 1. The second kappa shape index (κ2) is 6.03. The quantitative estimate of drug-likeness (QED) is 0.603. The highest BCUT2D eigenvalue weighted by molar-refractivity contribution is 6.35. The monoisotopic (exact) mass is 366 g/mol. The third kappa shape index (κ3) is 2.45. The number of nitrogens with two attached hydrogens (primary N) is 1. The van der Waals surface area contributed by atoms with Gasteiger partial charge in [-0.05, 0) is 47.7 Å². The predicted molar refractivity (Wildman–Crippen MR) is 101 cm³/mol. The van der Waals surface area contributed by atoms with Crippen LogP contribution in [0.1, 0.15) is 23.6 Å². The van der Waals surface area contributed by atoms with Gasteiger partial charge >= 0.3 is 0 Å². The second-order valence-electron chi connectivity index (χ2n) is 5.90. The van der Waals surface area contributed by atoms with Crippen molar-refractivity contribution in [2.24, 2.45) is 12.8 Å². The highest BCUT2D eigenvalue weighted by Gasteiger charge is 2.26. The van der Waals surface area contributed by atoms with E-state index in [2.05, 4.69) is 29.8 Å². The SMILES string of the molecule is Cl.Cn1c(-c2ccc(Cl)cc2)c2c3c(ccc(Cl)c31)C(N)CC2. The van der Waals surface area contributed by atoms with Crippen molar-refractivity contribution < 1.29 is 0 Å². The molecule has 0 bridgehead atoms. The van der Waals surface area contributed by atoms with E-state index < -0.39 is 0 Å². The molecule has 0 radical (unpaired) electrons. The molecule has 0 spiro atoms. The molecule has 0 fully saturated rings. The Labute approximate surface area is 151 Å². The van der Waals surface area contributed by atoms with Crippen LogP contribution in [0.4, 0.5) is 0 Å². The molecule has 120 valence electrons. The van der Waals surface area contributed by atoms with E-state index in [1.54, 1.807) is 0 Å². The number of benzene rings is 2. The standard InChI is InChI=1S/C18H16Cl2N2.ClH/c1-22-17(10-2-4-11(19)5-3-10)13-7-9-15(21)12-6-8-14(20)18(22)16(12)13;/h2-6,8,15H,7,9,21H2,1H3;1H. The highest BCUT2D eigenvalue weighted by atomic mass is 35.5. The molecule has 3 aromatic rings. The molecule has 4 rings (SSSR count). The number of rotatable bonds is 1. The average molecular weight is 368 g/mol. The average Bonchev–Trinajstić information content (AvgIpc) is 2.80. The van der Waals surface area contributed by atoms with Gasteiger partial charge in [0.25, 0.3) is 0 Å². The zero-order chi connectivity index (χ0) is 15.4. The van der Waals surface area contributed by atoms with Crippen LogP contribution in [0.3, 0.4) is 0 Å². The number of aromatic nitrogens is 1. The fourth-order valence-corrected chi connectivity index (χ4v) is 4.05. The van der Waals surface area contributed by atoms with E-state index in [9.17, 15) is 0 Å². The fourth-order valence-electron chi connectivity index (χ4n) is 3.64. The molecule has 1 unspecified atom stereocenters. The van der Waals surface area contributed by atoms with Gasteiger partial charge in [0, 0.05) is 23.5 Å². The van der Waals surface area contributed by atoms with E-state index >= 15 is 0 Å². The van der Waals surface area contributed by atoms with Gasteiger partial charge in [0.1, 0.15) is 0 Å². The summed E-state index contributed by atoms with van der Waals surface area (Å²) in [7, 11) is 2.07. The van der Waals surface area contributed by atoms with Gasteiger partial charge in [-0.3, -0.25) is 0 Å². The summed E-state index contributed by atoms with van der Waals surface area (Å²) in [4.78, 5) is 0. The molecular weight excluding hydrogens is 351 g/mol. The van der Waals surface area contributed by atoms with Crippen LogP contribution in [0.5, 0.6) is 0 Å². The number of hydrogen-bond acceptors (Lipinski definition) is 1. The van der Waals surface area contributed by atoms with Crippen molar-refractivity contribution in [3.8, 4) is 11.3 Å². The summed E-state index contributed by atoms with van der Waals surface area (Å²) in [5, 5.41) is 2.76. The van der Waals surface area contributed by atoms with Crippen molar-refractivity contribution in [1.82, 2.24) is 4.57 Å². The minimum Gasteiger partial charge on any atom is -0.342 e. The number of halogens is 3. The lowest BCUT2D eigenvalue weighted by Gasteiger charge is -2.20. The first-order valence-electron chi connectivity index (χ1n) is 7.39. The Balaban J connectivity index is 0.00000156. The zero-order valence-electron chi connectivity index (χ0n) is 12.6. The molecule has 0 amide bonds. The number of aryl methyl sites for hydroxylation is 2. The van der Waals surface area contributed by atoms with Gasteiger partial charge in [-0.15, -0.1) is 12.4 Å². The molecular formula is C18H17Cl3N2. The third-order valence-electron chi connectivity index (χ3n) is 4.64. The third-order valence-corrected chi connectivity index (χ3v) is 5.20. The van der Waals surface area contributed by atoms with Crippen molar-refractivity contribution in [2.45, 2.75) is 18.9 Å². The van der Waals surface area contributed by atoms with Gasteiger partial charge in [-0.1, -0.05) is 41.4 Å². The molecule has 23 heavy (non-hydrogen) atoms. The first-order valence-corrected chi connectivity index (χ1v) is 8.14. The molecule has 5 heteroatoms. The van der Waals surface area contributed by atoms with Crippen molar-refractivity contribution in [3.05, 3.63) is 57.6 Å². The van der Waals surface area contributed by atoms with Gasteiger partial charge < -0.3 is 10.3 Å². The Kier molecular flexibility index (Phi) is 4.37. The summed E-state index contributed by atoms with van der Waals surface area (Å²) in [6, 6.07) is 12.1. The summed E-state index contributed by atoms with van der Waals surface area (Å²) in [5.41, 5.74) is 12.3. The largest absolute Gasteiger partial charge is 0.342 e. The first-order chi connectivity index (χ1) is 10.6. The Morgan fingerprint density at radius 1 is 1.09 bits per heavy atom. The lowest BCUT2D eigenvalue weighted by molar-refractivity contribution is 0.644. The fraction of sp³-hybridized carbons (Fsp3) is 0.222. The second-order valence-corrected chi connectivity index (χ2v) is 6.74. The summed E-state index contributed by atoms with van der Waals surface area (Å²) in [5.74, 6) is 0. The molecule has 2 nitrogen and oxygen atoms in total. The molecule has 0 saturated carbocycles. The molecule has 0 aliphatic heterocycles. The minimum atomic E-state index is 0. The molecule has 1 heterocycles. The van der Waals surface area contributed by atoms with Gasteiger partial charge in [0.15, 0.2) is 0 Å². The predicted octanol–water partition coefficient (Wildman–Crippen LogP) is 5.52. The molecule has 1 aliphatic rings. The zero-order valence-corrected chi connectivity index (χ0v) is 15.0. The molecule has 2 N–H and O–H groups in total. The molecule has 0 saturated heterocycles.